The van der Waals surface area contributed by atoms with E-state index in [0.29, 0.717) is 5.82 Å². The van der Waals surface area contributed by atoms with Gasteiger partial charge in [0.2, 0.25) is 5.82 Å². The van der Waals surface area contributed by atoms with Crippen molar-refractivity contribution < 1.29 is 0 Å². The minimum absolute atomic E-state index is 0.649. The van der Waals surface area contributed by atoms with E-state index < -0.39 is 0 Å². The van der Waals surface area contributed by atoms with Crippen molar-refractivity contribution in [3.63, 3.8) is 0 Å². The number of H-pyrrole nitrogens is 1. The monoisotopic (exact) mass is 403 g/mol. The first-order valence-electron chi connectivity index (χ1n) is 9.71. The molecule has 0 unspecified atom stereocenters. The fourth-order valence-electron chi connectivity index (χ4n) is 3.71. The first kappa shape index (κ1) is 17.8. The zero-order valence-corrected chi connectivity index (χ0v) is 17.1. The van der Waals surface area contributed by atoms with Crippen LogP contribution in [-0.4, -0.2) is 34.7 Å². The minimum Gasteiger partial charge on any atom is -0.340 e. The third-order valence-corrected chi connectivity index (χ3v) is 6.25. The second-order valence-electron chi connectivity index (χ2n) is 7.10. The Balaban J connectivity index is 1.61. The quantitative estimate of drug-likeness (QED) is 0.440. The van der Waals surface area contributed by atoms with Crippen LogP contribution in [0.15, 0.2) is 49.1 Å². The summed E-state index contributed by atoms with van der Waals surface area (Å²) in [6.07, 6.45) is 7.88. The van der Waals surface area contributed by atoms with Crippen molar-refractivity contribution in [1.82, 2.24) is 34.7 Å². The molecule has 0 fully saturated rings. The van der Waals surface area contributed by atoms with Crippen LogP contribution in [0.5, 0.6) is 0 Å². The molecule has 0 amide bonds. The lowest BCUT2D eigenvalue weighted by Crippen LogP contribution is -2.01. The summed E-state index contributed by atoms with van der Waals surface area (Å²) < 4.78 is 5.70. The summed E-state index contributed by atoms with van der Waals surface area (Å²) in [4.78, 5) is 5.19. The van der Waals surface area contributed by atoms with Gasteiger partial charge in [0.25, 0.3) is 0 Å². The average molecular weight is 404 g/mol. The van der Waals surface area contributed by atoms with E-state index in [9.17, 15) is 0 Å². The van der Waals surface area contributed by atoms with Gasteiger partial charge in [-0.2, -0.15) is 5.21 Å². The Morgan fingerprint density at radius 1 is 1.17 bits per heavy atom. The number of aryl methyl sites for hydroxylation is 2. The first-order chi connectivity index (χ1) is 14.2. The van der Waals surface area contributed by atoms with E-state index >= 15 is 0 Å². The highest BCUT2D eigenvalue weighted by atomic mass is 32.1. The molecule has 5 rings (SSSR count). The fourth-order valence-corrected chi connectivity index (χ4v) is 4.74. The molecule has 29 heavy (non-hydrogen) atoms. The van der Waals surface area contributed by atoms with E-state index in [1.807, 2.05) is 17.1 Å². The minimum atomic E-state index is 0.649. The zero-order chi connectivity index (χ0) is 19.8. The van der Waals surface area contributed by atoms with Gasteiger partial charge in [0, 0.05) is 30.2 Å². The standard InChI is InChI=1S/C21H21N7S/c1-3-4-8-28-17(11-19-18(28)12-20(29-19)21-23-25-26-24-21)16-6-5-15(10-14(16)2)27-9-7-22-13-27/h5-7,9-13H,3-4,8H2,1-2H3,(H,23,24,25,26). The number of thiophene rings is 1. The van der Waals surface area contributed by atoms with Crippen LogP contribution < -0.4 is 0 Å². The van der Waals surface area contributed by atoms with E-state index in [0.717, 1.165) is 30.0 Å². The summed E-state index contributed by atoms with van der Waals surface area (Å²) in [6, 6.07) is 11.1. The molecule has 5 aromatic rings. The predicted molar refractivity (Wildman–Crippen MR) is 115 cm³/mol. The summed E-state index contributed by atoms with van der Waals surface area (Å²) in [5.74, 6) is 0.649. The molecule has 0 radical (unpaired) electrons. The molecule has 0 saturated heterocycles. The van der Waals surface area contributed by atoms with Gasteiger partial charge in [-0.05, 0) is 48.4 Å². The second kappa shape index (κ2) is 7.29. The highest BCUT2D eigenvalue weighted by molar-refractivity contribution is 7.22. The van der Waals surface area contributed by atoms with E-state index in [4.69, 9.17) is 0 Å². The number of unbranched alkanes of at least 4 members (excludes halogenated alkanes) is 1. The molecular weight excluding hydrogens is 382 g/mol. The topological polar surface area (TPSA) is 77.2 Å². The molecule has 0 bridgehead atoms. The Morgan fingerprint density at radius 3 is 2.83 bits per heavy atom. The maximum atomic E-state index is 4.15. The van der Waals surface area contributed by atoms with Crippen molar-refractivity contribution in [3.8, 4) is 27.6 Å². The van der Waals surface area contributed by atoms with Gasteiger partial charge in [0.05, 0.1) is 27.1 Å². The number of hydrogen-bond donors (Lipinski definition) is 1. The molecular formula is C21H21N7S. The van der Waals surface area contributed by atoms with Gasteiger partial charge in [0.15, 0.2) is 0 Å². The van der Waals surface area contributed by atoms with Gasteiger partial charge < -0.3 is 9.13 Å². The molecule has 0 saturated carbocycles. The van der Waals surface area contributed by atoms with Crippen LogP contribution in [0.25, 0.3) is 37.9 Å². The Hall–Kier alpha value is -3.26. The third kappa shape index (κ3) is 3.15. The summed E-state index contributed by atoms with van der Waals surface area (Å²) in [5.41, 5.74) is 6.12. The van der Waals surface area contributed by atoms with Crippen LogP contribution in [0.3, 0.4) is 0 Å². The molecule has 1 N–H and O–H groups in total. The van der Waals surface area contributed by atoms with E-state index in [-0.39, 0.29) is 0 Å². The van der Waals surface area contributed by atoms with Crippen LogP contribution in [0, 0.1) is 6.92 Å². The third-order valence-electron chi connectivity index (χ3n) is 5.18. The van der Waals surface area contributed by atoms with Crippen molar-refractivity contribution in [2.45, 2.75) is 33.2 Å². The molecule has 1 aromatic carbocycles. The maximum absolute atomic E-state index is 4.15. The van der Waals surface area contributed by atoms with Gasteiger partial charge >= 0.3 is 0 Å². The normalized spacial score (nSPS) is 11.5. The molecule has 8 heteroatoms. The average Bonchev–Trinajstić information content (AvgIpc) is 3.51. The zero-order valence-electron chi connectivity index (χ0n) is 16.3. The summed E-state index contributed by atoms with van der Waals surface area (Å²) in [7, 11) is 0. The Bertz CT molecular complexity index is 1250. The summed E-state index contributed by atoms with van der Waals surface area (Å²) in [6.45, 7) is 5.39. The number of fused-ring (bicyclic) bond motifs is 1. The highest BCUT2D eigenvalue weighted by Crippen LogP contribution is 2.38. The van der Waals surface area contributed by atoms with Crippen LogP contribution in [0.4, 0.5) is 0 Å². The van der Waals surface area contributed by atoms with Crippen LogP contribution in [-0.2, 0) is 6.54 Å². The van der Waals surface area contributed by atoms with Gasteiger partial charge in [0.1, 0.15) is 0 Å². The molecule has 0 aliphatic carbocycles. The summed E-state index contributed by atoms with van der Waals surface area (Å²) >= 11 is 1.71. The van der Waals surface area contributed by atoms with Crippen LogP contribution >= 0.6 is 11.3 Å². The fraction of sp³-hybridized carbons (Fsp3) is 0.238. The lowest BCUT2D eigenvalue weighted by molar-refractivity contribution is 0.654. The largest absolute Gasteiger partial charge is 0.340 e. The summed E-state index contributed by atoms with van der Waals surface area (Å²) in [5, 5.41) is 14.5. The number of nitrogens with one attached hydrogen (secondary N) is 1. The highest BCUT2D eigenvalue weighted by Gasteiger charge is 2.17. The van der Waals surface area contributed by atoms with E-state index in [1.165, 1.54) is 27.0 Å². The SMILES string of the molecule is CCCCn1c(-c2ccc(-n3ccnc3)cc2C)cc2sc(-c3nn[nH]n3)cc21. The molecule has 0 spiro atoms. The van der Waals surface area contributed by atoms with Crippen molar-refractivity contribution in [1.29, 1.82) is 0 Å². The van der Waals surface area contributed by atoms with Crippen LogP contribution in [0.2, 0.25) is 0 Å². The number of aromatic nitrogens is 7. The number of hydrogen-bond acceptors (Lipinski definition) is 5. The first-order valence-corrected chi connectivity index (χ1v) is 10.5. The number of tetrazole rings is 1. The Kier molecular flexibility index (Phi) is 4.48. The number of imidazole rings is 1. The maximum Gasteiger partial charge on any atom is 0.214 e. The molecule has 4 aromatic heterocycles. The molecule has 0 aliphatic rings. The van der Waals surface area contributed by atoms with E-state index in [2.05, 4.69) is 74.4 Å². The van der Waals surface area contributed by atoms with Crippen molar-refractivity contribution >= 4 is 21.6 Å². The number of nitrogens with zero attached hydrogens (tertiary/aromatic N) is 6. The number of rotatable bonds is 6. The molecule has 7 nitrogen and oxygen atoms in total. The molecule has 0 aliphatic heterocycles. The predicted octanol–water partition coefficient (Wildman–Crippen LogP) is 4.84. The Morgan fingerprint density at radius 2 is 2.10 bits per heavy atom. The molecule has 146 valence electrons. The second-order valence-corrected chi connectivity index (χ2v) is 8.18. The number of aromatic amines is 1. The smallest absolute Gasteiger partial charge is 0.214 e. The van der Waals surface area contributed by atoms with E-state index in [1.54, 1.807) is 17.5 Å². The van der Waals surface area contributed by atoms with Gasteiger partial charge in [-0.15, -0.1) is 21.5 Å². The van der Waals surface area contributed by atoms with Gasteiger partial charge in [-0.1, -0.05) is 19.4 Å². The lowest BCUT2D eigenvalue weighted by Gasteiger charge is -2.13. The molecule has 0 atom stereocenters. The van der Waals surface area contributed by atoms with Crippen molar-refractivity contribution in [2.75, 3.05) is 0 Å². The van der Waals surface area contributed by atoms with Gasteiger partial charge in [-0.3, -0.25) is 0 Å². The number of benzene rings is 1. The van der Waals surface area contributed by atoms with Gasteiger partial charge in [-0.25, -0.2) is 4.98 Å². The lowest BCUT2D eigenvalue weighted by atomic mass is 10.0. The molecule has 4 heterocycles. The van der Waals surface area contributed by atoms with Crippen LogP contribution in [0.1, 0.15) is 25.3 Å². The Labute approximate surface area is 172 Å². The van der Waals surface area contributed by atoms with Crippen molar-refractivity contribution in [2.24, 2.45) is 0 Å². The van der Waals surface area contributed by atoms with Crippen molar-refractivity contribution in [3.05, 3.63) is 54.6 Å².